The Hall–Kier alpha value is -2.73. The first-order chi connectivity index (χ1) is 13.9. The summed E-state index contributed by atoms with van der Waals surface area (Å²) in [5, 5.41) is 4.30. The molecule has 5 nitrogen and oxygen atoms in total. The molecule has 1 fully saturated rings. The number of rotatable bonds is 4. The fraction of sp³-hybridized carbons (Fsp3) is 0.348. The van der Waals surface area contributed by atoms with E-state index in [2.05, 4.69) is 77.6 Å². The Morgan fingerprint density at radius 3 is 2.45 bits per heavy atom. The molecule has 1 aliphatic heterocycles. The molecular weight excluding hydrogens is 378 g/mol. The molecule has 0 unspecified atom stereocenters. The van der Waals surface area contributed by atoms with E-state index in [9.17, 15) is 0 Å². The van der Waals surface area contributed by atoms with Gasteiger partial charge >= 0.3 is 0 Å². The van der Waals surface area contributed by atoms with E-state index in [0.29, 0.717) is 0 Å². The highest BCUT2D eigenvalue weighted by Gasteiger charge is 2.42. The van der Waals surface area contributed by atoms with Crippen LogP contribution in [0.5, 0.6) is 0 Å². The minimum atomic E-state index is 0.00452. The lowest BCUT2D eigenvalue weighted by atomic mass is 9.96. The molecule has 0 spiro atoms. The third-order valence-corrected chi connectivity index (χ3v) is 6.00. The van der Waals surface area contributed by atoms with Crippen LogP contribution in [0.15, 0.2) is 48.8 Å². The van der Waals surface area contributed by atoms with Gasteiger partial charge in [-0.2, -0.15) is 0 Å². The maximum atomic E-state index is 5.74. The molecule has 0 aliphatic carbocycles. The van der Waals surface area contributed by atoms with Gasteiger partial charge < -0.3 is 14.8 Å². The van der Waals surface area contributed by atoms with Crippen molar-refractivity contribution in [3.05, 3.63) is 77.0 Å². The number of nitrogens with one attached hydrogen (secondary N) is 1. The fourth-order valence-electron chi connectivity index (χ4n) is 4.38. The normalized spacial score (nSPS) is 19.1. The number of thiocarbonyl (C=S) groups is 1. The second-order valence-corrected chi connectivity index (χ2v) is 8.32. The minimum absolute atomic E-state index is 0.00452. The third kappa shape index (κ3) is 3.31. The molecule has 0 amide bonds. The second kappa shape index (κ2) is 7.59. The van der Waals surface area contributed by atoms with Crippen molar-refractivity contribution in [1.82, 2.24) is 24.8 Å². The number of nitrogens with zero attached hydrogens (tertiary/aromatic N) is 4. The smallest absolute Gasteiger partial charge is 0.170 e. The van der Waals surface area contributed by atoms with Gasteiger partial charge in [-0.05, 0) is 82.2 Å². The van der Waals surface area contributed by atoms with Crippen molar-refractivity contribution in [1.29, 1.82) is 0 Å². The van der Waals surface area contributed by atoms with Crippen LogP contribution in [0.1, 0.15) is 54.1 Å². The lowest BCUT2D eigenvalue weighted by Gasteiger charge is -2.31. The Morgan fingerprint density at radius 1 is 1.03 bits per heavy atom. The quantitative estimate of drug-likeness (QED) is 0.644. The summed E-state index contributed by atoms with van der Waals surface area (Å²) in [5.74, 6) is 0.979. The van der Waals surface area contributed by atoms with Gasteiger partial charge in [0.05, 0.1) is 17.8 Å². The Morgan fingerprint density at radius 2 is 1.79 bits per heavy atom. The number of aryl methyl sites for hydroxylation is 2. The highest BCUT2D eigenvalue weighted by atomic mass is 32.1. The molecule has 1 aliphatic rings. The van der Waals surface area contributed by atoms with Crippen molar-refractivity contribution < 1.29 is 0 Å². The SMILES string of the molecule is Cc1cccnc1-n1c(C)cc([C@@H]2[C@@H](c3ccccn3)NC(=S)N2C(C)C)c1C. The van der Waals surface area contributed by atoms with E-state index in [1.807, 2.05) is 30.6 Å². The van der Waals surface area contributed by atoms with Crippen molar-refractivity contribution in [2.75, 3.05) is 0 Å². The first-order valence-corrected chi connectivity index (χ1v) is 10.4. The standard InChI is InChI=1S/C23H27N5S/c1-14(2)27-21(20(26-23(27)29)19-10-6-7-11-24-19)18-13-16(4)28(17(18)5)22-15(3)9-8-12-25-22/h6-14,20-21H,1-5H3,(H,26,29)/t20-,21-/m1/s1. The van der Waals surface area contributed by atoms with Crippen molar-refractivity contribution in [3.63, 3.8) is 0 Å². The van der Waals surface area contributed by atoms with Crippen LogP contribution < -0.4 is 5.32 Å². The zero-order valence-electron chi connectivity index (χ0n) is 17.5. The first kappa shape index (κ1) is 19.6. The number of hydrogen-bond donors (Lipinski definition) is 1. The molecule has 0 aromatic carbocycles. The van der Waals surface area contributed by atoms with E-state index in [0.717, 1.165) is 22.2 Å². The first-order valence-electron chi connectivity index (χ1n) is 10.0. The van der Waals surface area contributed by atoms with Crippen LogP contribution in [0.25, 0.3) is 5.82 Å². The average Bonchev–Trinajstić information content (AvgIpc) is 3.19. The highest BCUT2D eigenvalue weighted by molar-refractivity contribution is 7.80. The molecule has 0 saturated carbocycles. The van der Waals surface area contributed by atoms with Crippen LogP contribution in [0, 0.1) is 20.8 Å². The molecule has 29 heavy (non-hydrogen) atoms. The van der Waals surface area contributed by atoms with E-state index < -0.39 is 0 Å². The van der Waals surface area contributed by atoms with Crippen molar-refractivity contribution >= 4 is 17.3 Å². The molecule has 150 valence electrons. The van der Waals surface area contributed by atoms with Crippen LogP contribution in [-0.4, -0.2) is 30.6 Å². The number of pyridine rings is 2. The Balaban J connectivity index is 1.88. The van der Waals surface area contributed by atoms with E-state index in [1.165, 1.54) is 17.0 Å². The zero-order chi connectivity index (χ0) is 20.7. The monoisotopic (exact) mass is 405 g/mol. The molecule has 3 aromatic rings. The van der Waals surface area contributed by atoms with Gasteiger partial charge in [-0.3, -0.25) is 4.98 Å². The average molecular weight is 406 g/mol. The van der Waals surface area contributed by atoms with Gasteiger partial charge in [0.1, 0.15) is 5.82 Å². The van der Waals surface area contributed by atoms with Crippen molar-refractivity contribution in [2.45, 2.75) is 52.7 Å². The summed E-state index contributed by atoms with van der Waals surface area (Å²) in [6.07, 6.45) is 3.69. The van der Waals surface area contributed by atoms with Crippen LogP contribution in [0.4, 0.5) is 0 Å². The van der Waals surface area contributed by atoms with Crippen LogP contribution >= 0.6 is 12.2 Å². The Labute approximate surface area is 177 Å². The van der Waals surface area contributed by atoms with Gasteiger partial charge in [-0.1, -0.05) is 12.1 Å². The van der Waals surface area contributed by atoms with Gasteiger partial charge in [0.25, 0.3) is 0 Å². The van der Waals surface area contributed by atoms with Crippen LogP contribution in [0.2, 0.25) is 0 Å². The molecule has 0 bridgehead atoms. The van der Waals surface area contributed by atoms with E-state index >= 15 is 0 Å². The summed E-state index contributed by atoms with van der Waals surface area (Å²) in [4.78, 5) is 11.6. The van der Waals surface area contributed by atoms with Crippen LogP contribution in [-0.2, 0) is 0 Å². The van der Waals surface area contributed by atoms with Gasteiger partial charge in [-0.15, -0.1) is 0 Å². The molecule has 1 N–H and O–H groups in total. The summed E-state index contributed by atoms with van der Waals surface area (Å²) in [6.45, 7) is 10.8. The third-order valence-electron chi connectivity index (χ3n) is 5.67. The lowest BCUT2D eigenvalue weighted by molar-refractivity contribution is 0.269. The second-order valence-electron chi connectivity index (χ2n) is 7.93. The number of hydrogen-bond acceptors (Lipinski definition) is 3. The predicted molar refractivity (Wildman–Crippen MR) is 120 cm³/mol. The summed E-state index contributed by atoms with van der Waals surface area (Å²) in [5.41, 5.74) is 5.77. The lowest BCUT2D eigenvalue weighted by Crippen LogP contribution is -2.35. The van der Waals surface area contributed by atoms with Crippen molar-refractivity contribution in [3.8, 4) is 5.82 Å². The molecule has 3 aromatic heterocycles. The Kier molecular flexibility index (Phi) is 5.13. The highest BCUT2D eigenvalue weighted by Crippen LogP contribution is 2.42. The van der Waals surface area contributed by atoms with Gasteiger partial charge in [0.2, 0.25) is 0 Å². The Bertz CT molecular complexity index is 1040. The molecule has 1 saturated heterocycles. The topological polar surface area (TPSA) is 46.0 Å². The van der Waals surface area contributed by atoms with Gasteiger partial charge in [0.15, 0.2) is 5.11 Å². The van der Waals surface area contributed by atoms with Crippen LogP contribution in [0.3, 0.4) is 0 Å². The summed E-state index contributed by atoms with van der Waals surface area (Å²) >= 11 is 5.74. The maximum Gasteiger partial charge on any atom is 0.170 e. The molecule has 4 heterocycles. The molecule has 0 radical (unpaired) electrons. The molecular formula is C23H27N5S. The van der Waals surface area contributed by atoms with Crippen molar-refractivity contribution in [2.24, 2.45) is 0 Å². The van der Waals surface area contributed by atoms with E-state index in [1.54, 1.807) is 0 Å². The maximum absolute atomic E-state index is 5.74. The predicted octanol–water partition coefficient (Wildman–Crippen LogP) is 4.57. The van der Waals surface area contributed by atoms with Gasteiger partial charge in [0, 0.05) is 29.8 Å². The summed E-state index contributed by atoms with van der Waals surface area (Å²) < 4.78 is 2.25. The fourth-order valence-corrected chi connectivity index (χ4v) is 4.83. The summed E-state index contributed by atoms with van der Waals surface area (Å²) in [6, 6.07) is 12.7. The van der Waals surface area contributed by atoms with E-state index in [-0.39, 0.29) is 18.1 Å². The molecule has 6 heteroatoms. The minimum Gasteiger partial charge on any atom is -0.352 e. The van der Waals surface area contributed by atoms with E-state index in [4.69, 9.17) is 12.2 Å². The zero-order valence-corrected chi connectivity index (χ0v) is 18.4. The number of aromatic nitrogens is 3. The molecule has 4 rings (SSSR count). The van der Waals surface area contributed by atoms with Gasteiger partial charge in [-0.25, -0.2) is 4.98 Å². The summed E-state index contributed by atoms with van der Waals surface area (Å²) in [7, 11) is 0. The largest absolute Gasteiger partial charge is 0.352 e. The molecule has 2 atom stereocenters.